The van der Waals surface area contributed by atoms with Crippen molar-refractivity contribution in [3.8, 4) is 11.1 Å². The van der Waals surface area contributed by atoms with Crippen molar-refractivity contribution in [3.05, 3.63) is 48.0 Å². The number of H-pyrrole nitrogens is 1. The van der Waals surface area contributed by atoms with Crippen LogP contribution in [0.1, 0.15) is 48.9 Å². The molecule has 0 bridgehead atoms. The molecule has 3 rings (SSSR count). The summed E-state index contributed by atoms with van der Waals surface area (Å²) in [5.41, 5.74) is 2.19. The van der Waals surface area contributed by atoms with E-state index in [1.54, 1.807) is 24.5 Å². The van der Waals surface area contributed by atoms with E-state index in [0.29, 0.717) is 18.2 Å². The number of hydrogen-bond donors (Lipinski definition) is 3. The van der Waals surface area contributed by atoms with Gasteiger partial charge in [-0.2, -0.15) is 0 Å². The van der Waals surface area contributed by atoms with Gasteiger partial charge in [0.05, 0.1) is 5.56 Å². The SMILES string of the molecule is Cl.O=C(NCCNC1CCCCCC1)c1c[nH]cc1-c1ccc(F)cc1. The molecule has 0 aliphatic heterocycles. The Balaban J connectivity index is 0.00000243. The Hall–Kier alpha value is -1.85. The highest BCUT2D eigenvalue weighted by Gasteiger charge is 2.14. The summed E-state index contributed by atoms with van der Waals surface area (Å²) in [6, 6.07) is 6.76. The van der Waals surface area contributed by atoms with E-state index in [0.717, 1.165) is 17.7 Å². The summed E-state index contributed by atoms with van der Waals surface area (Å²) in [7, 11) is 0. The van der Waals surface area contributed by atoms with Crippen LogP contribution in [0.15, 0.2) is 36.7 Å². The smallest absolute Gasteiger partial charge is 0.253 e. The Morgan fingerprint density at radius 3 is 2.42 bits per heavy atom. The molecular formula is C20H27ClFN3O. The van der Waals surface area contributed by atoms with Crippen LogP contribution in [0, 0.1) is 5.82 Å². The highest BCUT2D eigenvalue weighted by molar-refractivity contribution is 6.00. The second-order valence-electron chi connectivity index (χ2n) is 6.69. The molecule has 0 radical (unpaired) electrons. The zero-order valence-corrected chi connectivity index (χ0v) is 15.7. The van der Waals surface area contributed by atoms with Crippen LogP contribution in [0.5, 0.6) is 0 Å². The number of aromatic nitrogens is 1. The Labute approximate surface area is 160 Å². The number of benzene rings is 1. The standard InChI is InChI=1S/C20H26FN3O.ClH/c21-16-9-7-15(8-10-16)18-13-22-14-19(18)20(25)24-12-11-23-17-5-3-1-2-4-6-17;/h7-10,13-14,17,22-23H,1-6,11-12H2,(H,24,25);1H. The van der Waals surface area contributed by atoms with Gasteiger partial charge in [0.1, 0.15) is 5.82 Å². The number of aromatic amines is 1. The second-order valence-corrected chi connectivity index (χ2v) is 6.69. The molecule has 6 heteroatoms. The number of halogens is 2. The minimum Gasteiger partial charge on any atom is -0.366 e. The normalized spacial score (nSPS) is 15.1. The number of hydrogen-bond acceptors (Lipinski definition) is 2. The van der Waals surface area contributed by atoms with Crippen LogP contribution in [0.3, 0.4) is 0 Å². The highest BCUT2D eigenvalue weighted by atomic mass is 35.5. The minimum absolute atomic E-state index is 0. The molecule has 2 aromatic rings. The number of nitrogens with one attached hydrogen (secondary N) is 3. The summed E-state index contributed by atoms with van der Waals surface area (Å²) in [4.78, 5) is 15.4. The van der Waals surface area contributed by atoms with Crippen LogP contribution >= 0.6 is 12.4 Å². The molecule has 1 fully saturated rings. The fraction of sp³-hybridized carbons (Fsp3) is 0.450. The lowest BCUT2D eigenvalue weighted by atomic mass is 10.0. The van der Waals surface area contributed by atoms with E-state index in [2.05, 4.69) is 15.6 Å². The molecule has 0 unspecified atom stereocenters. The molecule has 3 N–H and O–H groups in total. The lowest BCUT2D eigenvalue weighted by Gasteiger charge is -2.16. The van der Waals surface area contributed by atoms with Crippen LogP contribution in [-0.4, -0.2) is 30.0 Å². The van der Waals surface area contributed by atoms with Gasteiger partial charge in [-0.05, 0) is 30.5 Å². The van der Waals surface area contributed by atoms with Crippen LogP contribution in [0.2, 0.25) is 0 Å². The highest BCUT2D eigenvalue weighted by Crippen LogP contribution is 2.23. The van der Waals surface area contributed by atoms with Crippen LogP contribution in [0.4, 0.5) is 4.39 Å². The second kappa shape index (κ2) is 10.3. The van der Waals surface area contributed by atoms with E-state index >= 15 is 0 Å². The molecular weight excluding hydrogens is 353 g/mol. The maximum absolute atomic E-state index is 13.1. The van der Waals surface area contributed by atoms with Crippen molar-refractivity contribution >= 4 is 18.3 Å². The van der Waals surface area contributed by atoms with Gasteiger partial charge in [0.15, 0.2) is 0 Å². The van der Waals surface area contributed by atoms with Gasteiger partial charge < -0.3 is 15.6 Å². The number of rotatable bonds is 6. The van der Waals surface area contributed by atoms with Crippen molar-refractivity contribution < 1.29 is 9.18 Å². The van der Waals surface area contributed by atoms with E-state index in [-0.39, 0.29) is 24.1 Å². The summed E-state index contributed by atoms with van der Waals surface area (Å²) < 4.78 is 13.1. The molecule has 1 aliphatic rings. The molecule has 142 valence electrons. The van der Waals surface area contributed by atoms with Gasteiger partial charge in [-0.15, -0.1) is 12.4 Å². The Morgan fingerprint density at radius 2 is 1.73 bits per heavy atom. The van der Waals surface area contributed by atoms with Crippen molar-refractivity contribution in [1.82, 2.24) is 15.6 Å². The van der Waals surface area contributed by atoms with Crippen molar-refractivity contribution in [2.75, 3.05) is 13.1 Å². The largest absolute Gasteiger partial charge is 0.366 e. The summed E-state index contributed by atoms with van der Waals surface area (Å²) in [6.07, 6.45) is 11.2. The molecule has 1 aromatic heterocycles. The molecule has 1 saturated carbocycles. The first-order valence-electron chi connectivity index (χ1n) is 9.18. The molecule has 1 amide bonds. The maximum atomic E-state index is 13.1. The van der Waals surface area contributed by atoms with Gasteiger partial charge >= 0.3 is 0 Å². The Kier molecular flexibility index (Phi) is 8.13. The summed E-state index contributed by atoms with van der Waals surface area (Å²) >= 11 is 0. The summed E-state index contributed by atoms with van der Waals surface area (Å²) in [5.74, 6) is -0.391. The third-order valence-electron chi connectivity index (χ3n) is 4.84. The first kappa shape index (κ1) is 20.5. The molecule has 0 spiro atoms. The van der Waals surface area contributed by atoms with Gasteiger partial charge in [-0.25, -0.2) is 4.39 Å². The lowest BCUT2D eigenvalue weighted by molar-refractivity contribution is 0.0954. The van der Waals surface area contributed by atoms with E-state index in [1.165, 1.54) is 50.7 Å². The molecule has 26 heavy (non-hydrogen) atoms. The van der Waals surface area contributed by atoms with Gasteiger partial charge in [-0.1, -0.05) is 37.8 Å². The lowest BCUT2D eigenvalue weighted by Crippen LogP contribution is -2.36. The fourth-order valence-corrected chi connectivity index (χ4v) is 3.45. The predicted octanol–water partition coefficient (Wildman–Crippen LogP) is 4.28. The Bertz CT molecular complexity index is 679. The average molecular weight is 380 g/mol. The van der Waals surface area contributed by atoms with Gasteiger partial charge in [0, 0.05) is 37.1 Å². The van der Waals surface area contributed by atoms with Crippen molar-refractivity contribution in [1.29, 1.82) is 0 Å². The number of carbonyl (C=O) groups is 1. The first-order valence-corrected chi connectivity index (χ1v) is 9.18. The van der Waals surface area contributed by atoms with Gasteiger partial charge in [-0.3, -0.25) is 4.79 Å². The quantitative estimate of drug-likeness (QED) is 0.518. The molecule has 1 aromatic carbocycles. The van der Waals surface area contributed by atoms with E-state index in [9.17, 15) is 9.18 Å². The summed E-state index contributed by atoms with van der Waals surface area (Å²) in [5, 5.41) is 6.52. The average Bonchev–Trinajstić information content (AvgIpc) is 2.96. The zero-order chi connectivity index (χ0) is 17.5. The third kappa shape index (κ3) is 5.58. The van der Waals surface area contributed by atoms with Crippen LogP contribution < -0.4 is 10.6 Å². The van der Waals surface area contributed by atoms with E-state index < -0.39 is 0 Å². The van der Waals surface area contributed by atoms with Crippen LogP contribution in [-0.2, 0) is 0 Å². The molecule has 0 atom stereocenters. The predicted molar refractivity (Wildman–Crippen MR) is 105 cm³/mol. The zero-order valence-electron chi connectivity index (χ0n) is 14.9. The maximum Gasteiger partial charge on any atom is 0.253 e. The van der Waals surface area contributed by atoms with Crippen LogP contribution in [0.25, 0.3) is 11.1 Å². The number of carbonyl (C=O) groups excluding carboxylic acids is 1. The summed E-state index contributed by atoms with van der Waals surface area (Å²) in [6.45, 7) is 1.39. The third-order valence-corrected chi connectivity index (χ3v) is 4.84. The van der Waals surface area contributed by atoms with E-state index in [4.69, 9.17) is 0 Å². The molecule has 1 heterocycles. The van der Waals surface area contributed by atoms with Gasteiger partial charge in [0.2, 0.25) is 0 Å². The van der Waals surface area contributed by atoms with Crippen molar-refractivity contribution in [2.24, 2.45) is 0 Å². The van der Waals surface area contributed by atoms with E-state index in [1.807, 2.05) is 0 Å². The monoisotopic (exact) mass is 379 g/mol. The minimum atomic E-state index is -0.283. The van der Waals surface area contributed by atoms with Gasteiger partial charge in [0.25, 0.3) is 5.91 Å². The topological polar surface area (TPSA) is 56.9 Å². The van der Waals surface area contributed by atoms with Crippen molar-refractivity contribution in [2.45, 2.75) is 44.6 Å². The molecule has 0 saturated heterocycles. The Morgan fingerprint density at radius 1 is 1.04 bits per heavy atom. The van der Waals surface area contributed by atoms with Crippen molar-refractivity contribution in [3.63, 3.8) is 0 Å². The molecule has 4 nitrogen and oxygen atoms in total. The fourth-order valence-electron chi connectivity index (χ4n) is 3.45. The number of amides is 1. The molecule has 1 aliphatic carbocycles. The first-order chi connectivity index (χ1) is 12.2.